The molecule has 1 saturated carbocycles. The smallest absolute Gasteiger partial charge is 0.469 e. The zero-order valence-corrected chi connectivity index (χ0v) is 23.9. The number of benzene rings is 2. The maximum atomic E-state index is 13.4. The molecular formula is C29H29F9N2O5. The Morgan fingerprint density at radius 2 is 1.53 bits per heavy atom. The molecule has 7 nitrogen and oxygen atoms in total. The number of hydrogen-bond acceptors (Lipinski definition) is 6. The monoisotopic (exact) mass is 656 g/mol. The lowest BCUT2D eigenvalue weighted by molar-refractivity contribution is -0.274. The van der Waals surface area contributed by atoms with Crippen molar-refractivity contribution in [1.82, 2.24) is 4.90 Å². The highest BCUT2D eigenvalue weighted by molar-refractivity contribution is 5.72. The van der Waals surface area contributed by atoms with Crippen LogP contribution in [-0.4, -0.2) is 43.0 Å². The third-order valence-corrected chi connectivity index (χ3v) is 7.94. The summed E-state index contributed by atoms with van der Waals surface area (Å²) in [7, 11) is 1.31. The lowest BCUT2D eigenvalue weighted by Gasteiger charge is -2.28. The number of nitrogens with one attached hydrogen (secondary N) is 1. The van der Waals surface area contributed by atoms with E-state index in [1.54, 1.807) is 0 Å². The Bertz CT molecular complexity index is 1350. The number of carbonyl (C=O) groups is 2. The van der Waals surface area contributed by atoms with Gasteiger partial charge in [-0.05, 0) is 86.1 Å². The summed E-state index contributed by atoms with van der Waals surface area (Å²) in [6, 6.07) is 3.17. The van der Waals surface area contributed by atoms with Gasteiger partial charge in [0.25, 0.3) is 0 Å². The molecule has 2 fully saturated rings. The Labute approximate surface area is 251 Å². The zero-order valence-electron chi connectivity index (χ0n) is 23.9. The molecule has 0 bridgehead atoms. The summed E-state index contributed by atoms with van der Waals surface area (Å²) in [6.45, 7) is 1.30. The quantitative estimate of drug-likeness (QED) is 0.229. The van der Waals surface area contributed by atoms with E-state index in [2.05, 4.69) is 10.1 Å². The van der Waals surface area contributed by atoms with Gasteiger partial charge < -0.3 is 19.5 Å². The van der Waals surface area contributed by atoms with Gasteiger partial charge in [0.1, 0.15) is 11.9 Å². The number of carbonyl (C=O) groups excluding carboxylic acids is 2. The first-order valence-corrected chi connectivity index (χ1v) is 13.8. The van der Waals surface area contributed by atoms with Crippen LogP contribution >= 0.6 is 0 Å². The maximum Gasteiger partial charge on any atom is 0.573 e. The number of alkyl halides is 9. The Kier molecular flexibility index (Phi) is 9.73. The molecule has 1 aliphatic carbocycles. The maximum absolute atomic E-state index is 13.4. The summed E-state index contributed by atoms with van der Waals surface area (Å²) in [5, 5.41) is 3.14. The number of esters is 1. The summed E-state index contributed by atoms with van der Waals surface area (Å²) < 4.78 is 134. The van der Waals surface area contributed by atoms with E-state index in [0.29, 0.717) is 50.0 Å². The first kappa shape index (κ1) is 34.0. The van der Waals surface area contributed by atoms with E-state index in [1.807, 2.05) is 0 Å². The highest BCUT2D eigenvalue weighted by atomic mass is 19.4. The minimum absolute atomic E-state index is 0.0469. The van der Waals surface area contributed by atoms with Gasteiger partial charge in [-0.15, -0.1) is 13.2 Å². The van der Waals surface area contributed by atoms with E-state index in [1.165, 1.54) is 20.1 Å². The molecule has 45 heavy (non-hydrogen) atoms. The second kappa shape index (κ2) is 12.9. The van der Waals surface area contributed by atoms with Crippen molar-refractivity contribution in [2.24, 2.45) is 11.8 Å². The minimum Gasteiger partial charge on any atom is -0.469 e. The van der Waals surface area contributed by atoms with Crippen LogP contribution in [0.1, 0.15) is 61.0 Å². The molecule has 0 unspecified atom stereocenters. The summed E-state index contributed by atoms with van der Waals surface area (Å²) in [4.78, 5) is 25.7. The highest BCUT2D eigenvalue weighted by Gasteiger charge is 2.43. The molecule has 16 heteroatoms. The molecule has 2 atom stereocenters. The van der Waals surface area contributed by atoms with Gasteiger partial charge in [0, 0.05) is 12.2 Å². The van der Waals surface area contributed by atoms with Gasteiger partial charge in [-0.1, -0.05) is 0 Å². The van der Waals surface area contributed by atoms with Gasteiger partial charge in [0.2, 0.25) is 0 Å². The number of cyclic esters (lactones) is 1. The normalized spacial score (nSPS) is 22.6. The topological polar surface area (TPSA) is 77.1 Å². The van der Waals surface area contributed by atoms with Crippen LogP contribution in [0.2, 0.25) is 0 Å². The van der Waals surface area contributed by atoms with Gasteiger partial charge in [0.05, 0.1) is 36.7 Å². The Morgan fingerprint density at radius 1 is 0.933 bits per heavy atom. The van der Waals surface area contributed by atoms with Crippen LogP contribution in [0.15, 0.2) is 36.4 Å². The third kappa shape index (κ3) is 8.45. The standard InChI is InChI=1S/C29H29F9N2O5/c1-15-24(18-9-20(27(30,31)32)12-21(10-18)28(33,34)35)44-26(42)40(15)14-19-11-22(45-29(36,37)38)7-8-23(19)39-13-16-3-5-17(6-4-16)25(41)43-2/h7-12,15-17,24,39H,3-6,13-14H2,1-2H3/t15-,16-,17-,24-/m0/s1. The van der Waals surface area contributed by atoms with Crippen molar-refractivity contribution in [2.75, 3.05) is 19.0 Å². The lowest BCUT2D eigenvalue weighted by atomic mass is 9.82. The first-order valence-electron chi connectivity index (χ1n) is 13.8. The second-order valence-corrected chi connectivity index (χ2v) is 11.0. The van der Waals surface area contributed by atoms with Gasteiger partial charge >= 0.3 is 30.8 Å². The van der Waals surface area contributed by atoms with Crippen molar-refractivity contribution in [1.29, 1.82) is 0 Å². The fourth-order valence-corrected chi connectivity index (χ4v) is 5.58. The molecule has 2 aromatic carbocycles. The summed E-state index contributed by atoms with van der Waals surface area (Å²) in [5.41, 5.74) is -3.27. The summed E-state index contributed by atoms with van der Waals surface area (Å²) in [6.07, 6.45) is -15.4. The number of nitrogens with zero attached hydrogens (tertiary/aromatic N) is 1. The van der Waals surface area contributed by atoms with Gasteiger partial charge in [-0.3, -0.25) is 9.69 Å². The number of amides is 1. The lowest BCUT2D eigenvalue weighted by Crippen LogP contribution is -2.32. The van der Waals surface area contributed by atoms with Crippen LogP contribution in [0.3, 0.4) is 0 Å². The summed E-state index contributed by atoms with van der Waals surface area (Å²) >= 11 is 0. The average Bonchev–Trinajstić information content (AvgIpc) is 3.23. The molecule has 0 radical (unpaired) electrons. The van der Waals surface area contributed by atoms with Crippen LogP contribution in [0.5, 0.6) is 5.75 Å². The number of methoxy groups -OCH3 is 1. The Hall–Kier alpha value is -3.85. The van der Waals surface area contributed by atoms with E-state index in [-0.39, 0.29) is 29.4 Å². The van der Waals surface area contributed by atoms with Crippen LogP contribution in [0.25, 0.3) is 0 Å². The minimum atomic E-state index is -5.13. The highest BCUT2D eigenvalue weighted by Crippen LogP contribution is 2.42. The van der Waals surface area contributed by atoms with Crippen molar-refractivity contribution in [3.63, 3.8) is 0 Å². The van der Waals surface area contributed by atoms with E-state index in [4.69, 9.17) is 9.47 Å². The Morgan fingerprint density at radius 3 is 2.07 bits per heavy atom. The SMILES string of the molecule is COC(=O)[C@H]1CC[C@H](CNc2ccc(OC(F)(F)F)cc2CN2C(=O)O[C@H](c3cc(C(F)(F)F)cc(C(F)(F)F)c3)[C@@H]2C)CC1. The third-order valence-electron chi connectivity index (χ3n) is 7.94. The zero-order chi connectivity index (χ0) is 33.3. The molecule has 4 rings (SSSR count). The van der Waals surface area contributed by atoms with Crippen molar-refractivity contribution < 1.29 is 63.3 Å². The van der Waals surface area contributed by atoms with E-state index < -0.39 is 65.9 Å². The van der Waals surface area contributed by atoms with Gasteiger partial charge in [-0.25, -0.2) is 4.79 Å². The van der Waals surface area contributed by atoms with Crippen LogP contribution < -0.4 is 10.1 Å². The second-order valence-electron chi connectivity index (χ2n) is 11.0. The predicted octanol–water partition coefficient (Wildman–Crippen LogP) is 8.10. The number of hydrogen-bond donors (Lipinski definition) is 1. The van der Waals surface area contributed by atoms with Crippen molar-refractivity contribution >= 4 is 17.7 Å². The Balaban J connectivity index is 1.57. The number of halogens is 9. The molecule has 2 aliphatic rings. The summed E-state index contributed by atoms with van der Waals surface area (Å²) in [5.74, 6) is -1.02. The molecule has 1 aliphatic heterocycles. The molecule has 1 amide bonds. The van der Waals surface area contributed by atoms with Crippen LogP contribution in [0, 0.1) is 11.8 Å². The fourth-order valence-electron chi connectivity index (χ4n) is 5.58. The molecule has 0 aromatic heterocycles. The van der Waals surface area contributed by atoms with Crippen molar-refractivity contribution in [3.8, 4) is 5.75 Å². The van der Waals surface area contributed by atoms with E-state index in [0.717, 1.165) is 17.0 Å². The molecule has 1 saturated heterocycles. The van der Waals surface area contributed by atoms with E-state index in [9.17, 15) is 49.1 Å². The average molecular weight is 657 g/mol. The molecule has 1 N–H and O–H groups in total. The molecular weight excluding hydrogens is 627 g/mol. The molecule has 2 aromatic rings. The first-order chi connectivity index (χ1) is 20.9. The fraction of sp³-hybridized carbons (Fsp3) is 0.517. The molecule has 248 valence electrons. The van der Waals surface area contributed by atoms with Crippen LogP contribution in [0.4, 0.5) is 50.0 Å². The predicted molar refractivity (Wildman–Crippen MR) is 140 cm³/mol. The van der Waals surface area contributed by atoms with Gasteiger partial charge in [-0.2, -0.15) is 26.3 Å². The van der Waals surface area contributed by atoms with Crippen molar-refractivity contribution in [2.45, 2.75) is 70.0 Å². The van der Waals surface area contributed by atoms with Gasteiger partial charge in [0.15, 0.2) is 0 Å². The number of rotatable bonds is 8. The largest absolute Gasteiger partial charge is 0.573 e. The number of anilines is 1. The molecule has 0 spiro atoms. The van der Waals surface area contributed by atoms with E-state index >= 15 is 0 Å². The van der Waals surface area contributed by atoms with Crippen molar-refractivity contribution in [3.05, 3.63) is 58.7 Å². The van der Waals surface area contributed by atoms with Crippen LogP contribution in [-0.2, 0) is 33.2 Å². The molecule has 1 heterocycles. The number of ether oxygens (including phenoxy) is 3.